The Bertz CT molecular complexity index is 670. The van der Waals surface area contributed by atoms with Crippen LogP contribution in [0.5, 0.6) is 11.5 Å². The van der Waals surface area contributed by atoms with Crippen molar-refractivity contribution in [3.8, 4) is 11.5 Å². The monoisotopic (exact) mass is 284 g/mol. The van der Waals surface area contributed by atoms with Crippen molar-refractivity contribution in [2.45, 2.75) is 19.8 Å². The normalized spacial score (nSPS) is 12.2. The molecule has 0 aliphatic carbocycles. The molecule has 5 heteroatoms. The van der Waals surface area contributed by atoms with Crippen molar-refractivity contribution in [1.29, 1.82) is 0 Å². The lowest BCUT2D eigenvalue weighted by Gasteiger charge is -2.06. The van der Waals surface area contributed by atoms with E-state index in [1.807, 2.05) is 37.3 Å². The van der Waals surface area contributed by atoms with E-state index in [4.69, 9.17) is 9.47 Å². The lowest BCUT2D eigenvalue weighted by Crippen LogP contribution is -2.13. The lowest BCUT2D eigenvalue weighted by atomic mass is 10.1. The Hall–Kier alpha value is -2.56. The fraction of sp³-hybridized carbons (Fsp3) is 0.250. The molecule has 1 aromatic carbocycles. The van der Waals surface area contributed by atoms with Gasteiger partial charge >= 0.3 is 0 Å². The predicted octanol–water partition coefficient (Wildman–Crippen LogP) is 2.69. The number of fused-ring (bicyclic) bond motifs is 1. The van der Waals surface area contributed by atoms with Crippen LogP contribution < -0.4 is 14.8 Å². The molecule has 0 atom stereocenters. The first-order chi connectivity index (χ1) is 10.2. The van der Waals surface area contributed by atoms with Crippen LogP contribution in [0.25, 0.3) is 0 Å². The summed E-state index contributed by atoms with van der Waals surface area (Å²) in [5.74, 6) is 2.04. The number of hydrogen-bond acceptors (Lipinski definition) is 4. The average Bonchev–Trinajstić information content (AvgIpc) is 2.92. The molecular formula is C16H16N2O3. The zero-order valence-corrected chi connectivity index (χ0v) is 11.8. The number of benzene rings is 1. The van der Waals surface area contributed by atoms with E-state index >= 15 is 0 Å². The van der Waals surface area contributed by atoms with Crippen LogP contribution in [0.2, 0.25) is 0 Å². The summed E-state index contributed by atoms with van der Waals surface area (Å²) < 4.78 is 10.6. The molecule has 1 aliphatic heterocycles. The maximum Gasteiger partial charge on any atom is 0.231 e. The average molecular weight is 284 g/mol. The summed E-state index contributed by atoms with van der Waals surface area (Å²) in [6, 6.07) is 11.3. The van der Waals surface area contributed by atoms with Crippen LogP contribution in [0.3, 0.4) is 0 Å². The number of hydrogen-bond donors (Lipinski definition) is 1. The molecule has 0 unspecified atom stereocenters. The van der Waals surface area contributed by atoms with Crippen molar-refractivity contribution >= 4 is 11.7 Å². The molecule has 0 spiro atoms. The molecule has 21 heavy (non-hydrogen) atoms. The van der Waals surface area contributed by atoms with Gasteiger partial charge in [-0.3, -0.25) is 4.79 Å². The molecule has 1 amide bonds. The zero-order valence-electron chi connectivity index (χ0n) is 11.8. The molecule has 0 fully saturated rings. The summed E-state index contributed by atoms with van der Waals surface area (Å²) in [5.41, 5.74) is 1.93. The van der Waals surface area contributed by atoms with Crippen LogP contribution in [0.4, 0.5) is 5.82 Å². The van der Waals surface area contributed by atoms with Gasteiger partial charge in [0.1, 0.15) is 5.82 Å². The highest BCUT2D eigenvalue weighted by molar-refractivity contribution is 5.89. The number of carbonyl (C=O) groups is 1. The number of nitrogens with zero attached hydrogens (tertiary/aromatic N) is 1. The second kappa shape index (κ2) is 5.83. The fourth-order valence-corrected chi connectivity index (χ4v) is 2.17. The number of anilines is 1. The van der Waals surface area contributed by atoms with Gasteiger partial charge in [0.25, 0.3) is 0 Å². The van der Waals surface area contributed by atoms with Crippen molar-refractivity contribution < 1.29 is 14.3 Å². The van der Waals surface area contributed by atoms with E-state index in [2.05, 4.69) is 10.3 Å². The summed E-state index contributed by atoms with van der Waals surface area (Å²) in [4.78, 5) is 16.2. The Morgan fingerprint density at radius 1 is 1.24 bits per heavy atom. The standard InChI is InChI=1S/C16H16N2O3/c1-11-3-2-4-15(17-11)18-16(19)8-6-12-5-7-13-14(9-12)21-10-20-13/h2-5,7,9H,6,8,10H2,1H3,(H,17,18,19). The number of ether oxygens (including phenoxy) is 2. The molecule has 1 aromatic heterocycles. The molecule has 0 radical (unpaired) electrons. The van der Waals surface area contributed by atoms with Gasteiger partial charge in [0, 0.05) is 12.1 Å². The molecular weight excluding hydrogens is 268 g/mol. The van der Waals surface area contributed by atoms with Gasteiger partial charge in [-0.25, -0.2) is 4.98 Å². The van der Waals surface area contributed by atoms with E-state index in [1.165, 1.54) is 0 Å². The molecule has 0 bridgehead atoms. The van der Waals surface area contributed by atoms with Gasteiger partial charge in [0.15, 0.2) is 11.5 Å². The second-order valence-corrected chi connectivity index (χ2v) is 4.90. The highest BCUT2D eigenvalue weighted by Crippen LogP contribution is 2.32. The van der Waals surface area contributed by atoms with Crippen molar-refractivity contribution in [1.82, 2.24) is 4.98 Å². The van der Waals surface area contributed by atoms with E-state index in [9.17, 15) is 4.79 Å². The van der Waals surface area contributed by atoms with Crippen LogP contribution >= 0.6 is 0 Å². The minimum atomic E-state index is -0.0502. The summed E-state index contributed by atoms with van der Waals surface area (Å²) in [5, 5.41) is 2.80. The Morgan fingerprint density at radius 2 is 2.10 bits per heavy atom. The molecule has 0 saturated heterocycles. The van der Waals surface area contributed by atoms with Gasteiger partial charge in [0.05, 0.1) is 0 Å². The maximum atomic E-state index is 11.9. The van der Waals surface area contributed by atoms with Gasteiger partial charge in [-0.1, -0.05) is 12.1 Å². The van der Waals surface area contributed by atoms with E-state index in [1.54, 1.807) is 6.07 Å². The smallest absolute Gasteiger partial charge is 0.231 e. The minimum absolute atomic E-state index is 0.0502. The van der Waals surface area contributed by atoms with Gasteiger partial charge in [-0.05, 0) is 43.2 Å². The summed E-state index contributed by atoms with van der Waals surface area (Å²) in [6.07, 6.45) is 1.05. The predicted molar refractivity (Wildman–Crippen MR) is 78.5 cm³/mol. The molecule has 2 heterocycles. The summed E-state index contributed by atoms with van der Waals surface area (Å²) in [6.45, 7) is 2.15. The number of rotatable bonds is 4. The zero-order chi connectivity index (χ0) is 14.7. The Morgan fingerprint density at radius 3 is 2.95 bits per heavy atom. The summed E-state index contributed by atoms with van der Waals surface area (Å²) >= 11 is 0. The molecule has 108 valence electrons. The lowest BCUT2D eigenvalue weighted by molar-refractivity contribution is -0.116. The maximum absolute atomic E-state index is 11.9. The van der Waals surface area contributed by atoms with Gasteiger partial charge in [-0.2, -0.15) is 0 Å². The Labute approximate surface area is 122 Å². The van der Waals surface area contributed by atoms with E-state index in [-0.39, 0.29) is 12.7 Å². The fourth-order valence-electron chi connectivity index (χ4n) is 2.17. The van der Waals surface area contributed by atoms with E-state index in [0.29, 0.717) is 18.7 Å². The third kappa shape index (κ3) is 3.31. The molecule has 1 N–H and O–H groups in total. The second-order valence-electron chi connectivity index (χ2n) is 4.90. The van der Waals surface area contributed by atoms with Crippen molar-refractivity contribution in [2.75, 3.05) is 12.1 Å². The third-order valence-corrected chi connectivity index (χ3v) is 3.23. The highest BCUT2D eigenvalue weighted by Gasteiger charge is 2.13. The van der Waals surface area contributed by atoms with E-state index < -0.39 is 0 Å². The van der Waals surface area contributed by atoms with Crippen LogP contribution in [-0.2, 0) is 11.2 Å². The molecule has 3 rings (SSSR count). The SMILES string of the molecule is Cc1cccc(NC(=O)CCc2ccc3c(c2)OCO3)n1. The molecule has 1 aliphatic rings. The first-order valence-electron chi connectivity index (χ1n) is 6.83. The largest absolute Gasteiger partial charge is 0.454 e. The first-order valence-corrected chi connectivity index (χ1v) is 6.83. The van der Waals surface area contributed by atoms with Gasteiger partial charge < -0.3 is 14.8 Å². The van der Waals surface area contributed by atoms with Crippen molar-refractivity contribution in [2.24, 2.45) is 0 Å². The van der Waals surface area contributed by atoms with Crippen LogP contribution in [0, 0.1) is 6.92 Å². The number of aryl methyl sites for hydroxylation is 2. The topological polar surface area (TPSA) is 60.5 Å². The van der Waals surface area contributed by atoms with Crippen LogP contribution in [0.1, 0.15) is 17.7 Å². The number of pyridine rings is 1. The van der Waals surface area contributed by atoms with Crippen molar-refractivity contribution in [3.63, 3.8) is 0 Å². The highest BCUT2D eigenvalue weighted by atomic mass is 16.7. The number of amides is 1. The van der Waals surface area contributed by atoms with Gasteiger partial charge in [0.2, 0.25) is 12.7 Å². The molecule has 5 nitrogen and oxygen atoms in total. The quantitative estimate of drug-likeness (QED) is 0.937. The van der Waals surface area contributed by atoms with Gasteiger partial charge in [-0.15, -0.1) is 0 Å². The first kappa shape index (κ1) is 13.4. The van der Waals surface area contributed by atoms with Crippen LogP contribution in [-0.4, -0.2) is 17.7 Å². The third-order valence-electron chi connectivity index (χ3n) is 3.23. The minimum Gasteiger partial charge on any atom is -0.454 e. The summed E-state index contributed by atoms with van der Waals surface area (Å²) in [7, 11) is 0. The Balaban J connectivity index is 1.56. The number of carbonyl (C=O) groups excluding carboxylic acids is 1. The molecule has 2 aromatic rings. The molecule has 0 saturated carbocycles. The van der Waals surface area contributed by atoms with E-state index in [0.717, 1.165) is 22.8 Å². The Kier molecular flexibility index (Phi) is 3.73. The number of nitrogens with one attached hydrogen (secondary N) is 1. The number of aromatic nitrogens is 1. The van der Waals surface area contributed by atoms with Crippen molar-refractivity contribution in [3.05, 3.63) is 47.7 Å². The van der Waals surface area contributed by atoms with Crippen LogP contribution in [0.15, 0.2) is 36.4 Å².